The van der Waals surface area contributed by atoms with Crippen LogP contribution in [0.25, 0.3) is 0 Å². The molecule has 9 heteroatoms. The fourth-order valence-corrected chi connectivity index (χ4v) is 4.74. The topological polar surface area (TPSA) is 82.6 Å². The molecule has 0 amide bonds. The summed E-state index contributed by atoms with van der Waals surface area (Å²) in [7, 11) is -3.33. The molecule has 0 aliphatic heterocycles. The Hall–Kier alpha value is -1.46. The lowest BCUT2D eigenvalue weighted by Crippen LogP contribution is -2.41. The molecule has 1 fully saturated rings. The average Bonchev–Trinajstić information content (AvgIpc) is 3.44. The molecule has 1 aliphatic rings. The highest BCUT2D eigenvalue weighted by Gasteiger charge is 2.43. The van der Waals surface area contributed by atoms with Crippen LogP contribution in [0.1, 0.15) is 25.3 Å². The zero-order chi connectivity index (χ0) is 20.7. The van der Waals surface area contributed by atoms with Crippen LogP contribution in [0.2, 0.25) is 0 Å². The highest BCUT2D eigenvalue weighted by atomic mass is 127. The van der Waals surface area contributed by atoms with Gasteiger partial charge in [0, 0.05) is 22.7 Å². The zero-order valence-corrected chi connectivity index (χ0v) is 21.2. The van der Waals surface area contributed by atoms with Crippen molar-refractivity contribution in [3.63, 3.8) is 0 Å². The number of aliphatic imine (C=N–C) groups is 1. The molecule has 0 unspecified atom stereocenters. The van der Waals surface area contributed by atoms with Gasteiger partial charge in [-0.25, -0.2) is 13.4 Å². The van der Waals surface area contributed by atoms with E-state index in [1.807, 2.05) is 43.0 Å². The number of guanidine groups is 1. The molecule has 3 N–H and O–H groups in total. The Kier molecular flexibility index (Phi) is 9.30. The number of anilines is 1. The molecule has 3 rings (SSSR count). The number of para-hydroxylation sites is 1. The molecule has 6 nitrogen and oxygen atoms in total. The quantitative estimate of drug-likeness (QED) is 0.245. The largest absolute Gasteiger partial charge is 0.357 e. The van der Waals surface area contributed by atoms with Gasteiger partial charge in [0.05, 0.1) is 18.5 Å². The van der Waals surface area contributed by atoms with Gasteiger partial charge in [-0.2, -0.15) is 0 Å². The maximum absolute atomic E-state index is 11.6. The molecule has 0 saturated heterocycles. The van der Waals surface area contributed by atoms with Crippen molar-refractivity contribution >= 4 is 57.4 Å². The zero-order valence-electron chi connectivity index (χ0n) is 17.2. The number of hydrogen-bond acceptors (Lipinski definition) is 4. The van der Waals surface area contributed by atoms with Gasteiger partial charge in [-0.05, 0) is 43.5 Å². The van der Waals surface area contributed by atoms with Crippen molar-refractivity contribution in [1.29, 1.82) is 0 Å². The maximum Gasteiger partial charge on any atom is 0.229 e. The van der Waals surface area contributed by atoms with Crippen molar-refractivity contribution in [1.82, 2.24) is 10.6 Å². The number of thioether (sulfide) groups is 1. The summed E-state index contributed by atoms with van der Waals surface area (Å²) in [6.07, 6.45) is 3.51. The third kappa shape index (κ3) is 7.99. The van der Waals surface area contributed by atoms with Crippen molar-refractivity contribution in [2.45, 2.75) is 36.0 Å². The Morgan fingerprint density at radius 3 is 2.37 bits per heavy atom. The SMILES string of the molecule is CCNC(=NCc1ccccc1NS(C)(=O)=O)NCC1(Sc2ccccc2)CC1.I. The molecule has 0 radical (unpaired) electrons. The monoisotopic (exact) mass is 560 g/mol. The number of benzene rings is 2. The van der Waals surface area contributed by atoms with Crippen LogP contribution in [0.15, 0.2) is 64.5 Å². The van der Waals surface area contributed by atoms with Gasteiger partial charge in [-0.3, -0.25) is 4.72 Å². The van der Waals surface area contributed by atoms with Crippen LogP contribution in [0, 0.1) is 0 Å². The molecule has 164 valence electrons. The second-order valence-corrected chi connectivity index (χ2v) is 10.5. The molecular weight excluding hydrogens is 531 g/mol. The minimum absolute atomic E-state index is 0. The molecule has 0 spiro atoms. The van der Waals surface area contributed by atoms with Crippen LogP contribution < -0.4 is 15.4 Å². The molecule has 30 heavy (non-hydrogen) atoms. The number of nitrogens with zero attached hydrogens (tertiary/aromatic N) is 1. The fourth-order valence-electron chi connectivity index (χ4n) is 2.90. The molecule has 1 aliphatic carbocycles. The Labute approximate surface area is 200 Å². The summed E-state index contributed by atoms with van der Waals surface area (Å²) < 4.78 is 26.0. The first-order chi connectivity index (χ1) is 13.9. The Balaban J connectivity index is 0.00000320. The lowest BCUT2D eigenvalue weighted by atomic mass is 10.2. The van der Waals surface area contributed by atoms with E-state index in [4.69, 9.17) is 0 Å². The molecule has 0 bridgehead atoms. The van der Waals surface area contributed by atoms with Crippen molar-refractivity contribution in [2.24, 2.45) is 4.99 Å². The Bertz CT molecular complexity index is 948. The van der Waals surface area contributed by atoms with Crippen LogP contribution in [-0.4, -0.2) is 38.5 Å². The van der Waals surface area contributed by atoms with Crippen LogP contribution in [0.4, 0.5) is 5.69 Å². The first-order valence-electron chi connectivity index (χ1n) is 9.71. The number of halogens is 1. The highest BCUT2D eigenvalue weighted by Crippen LogP contribution is 2.51. The minimum atomic E-state index is -3.33. The average molecular weight is 561 g/mol. The first kappa shape index (κ1) is 24.8. The maximum atomic E-state index is 11.6. The number of hydrogen-bond donors (Lipinski definition) is 3. The van der Waals surface area contributed by atoms with E-state index in [1.165, 1.54) is 17.7 Å². The third-order valence-corrected chi connectivity index (χ3v) is 6.61. The summed E-state index contributed by atoms with van der Waals surface area (Å²) >= 11 is 1.92. The first-order valence-corrected chi connectivity index (χ1v) is 12.4. The van der Waals surface area contributed by atoms with Crippen molar-refractivity contribution in [2.75, 3.05) is 24.1 Å². The van der Waals surface area contributed by atoms with Crippen LogP contribution in [0.3, 0.4) is 0 Å². The van der Waals surface area contributed by atoms with E-state index in [-0.39, 0.29) is 28.7 Å². The van der Waals surface area contributed by atoms with Gasteiger partial charge in [0.2, 0.25) is 10.0 Å². The number of nitrogens with one attached hydrogen (secondary N) is 3. The van der Waals surface area contributed by atoms with E-state index in [9.17, 15) is 8.42 Å². The van der Waals surface area contributed by atoms with Gasteiger partial charge < -0.3 is 10.6 Å². The van der Waals surface area contributed by atoms with Crippen molar-refractivity contribution in [3.8, 4) is 0 Å². The number of rotatable bonds is 9. The standard InChI is InChI=1S/C21H28N4O2S2.HI/c1-3-22-20(23-15-17-9-7-8-12-19(17)25-29(2,26)27)24-16-21(13-14-21)28-18-10-5-4-6-11-18;/h4-12,25H,3,13-16H2,1-2H3,(H2,22,23,24);1H. The molecular formula is C21H29IN4O2S2. The normalized spacial score (nSPS) is 15.1. The molecule has 2 aromatic carbocycles. The summed E-state index contributed by atoms with van der Waals surface area (Å²) in [5.74, 6) is 0.738. The van der Waals surface area contributed by atoms with E-state index in [0.29, 0.717) is 12.2 Å². The summed E-state index contributed by atoms with van der Waals surface area (Å²) in [6.45, 7) is 4.00. The summed E-state index contributed by atoms with van der Waals surface area (Å²) in [5.41, 5.74) is 1.39. The van der Waals surface area contributed by atoms with Crippen LogP contribution >= 0.6 is 35.7 Å². The van der Waals surface area contributed by atoms with Gasteiger partial charge in [0.1, 0.15) is 0 Å². The van der Waals surface area contributed by atoms with Gasteiger partial charge in [-0.1, -0.05) is 36.4 Å². The van der Waals surface area contributed by atoms with Gasteiger partial charge in [-0.15, -0.1) is 35.7 Å². The molecule has 0 atom stereocenters. The predicted octanol–water partition coefficient (Wildman–Crippen LogP) is 4.06. The highest BCUT2D eigenvalue weighted by molar-refractivity contribution is 14.0. The van der Waals surface area contributed by atoms with E-state index in [0.717, 1.165) is 30.9 Å². The van der Waals surface area contributed by atoms with Gasteiger partial charge in [0.25, 0.3) is 0 Å². The fraction of sp³-hybridized carbons (Fsp3) is 0.381. The third-order valence-electron chi connectivity index (χ3n) is 4.53. The van der Waals surface area contributed by atoms with Gasteiger partial charge in [0.15, 0.2) is 5.96 Å². The van der Waals surface area contributed by atoms with E-state index in [2.05, 4.69) is 44.6 Å². The molecule has 0 heterocycles. The van der Waals surface area contributed by atoms with E-state index < -0.39 is 10.0 Å². The van der Waals surface area contributed by atoms with Crippen LogP contribution in [-0.2, 0) is 16.6 Å². The predicted molar refractivity (Wildman–Crippen MR) is 137 cm³/mol. The van der Waals surface area contributed by atoms with E-state index in [1.54, 1.807) is 6.07 Å². The Morgan fingerprint density at radius 1 is 1.07 bits per heavy atom. The number of sulfonamides is 1. The second kappa shape index (κ2) is 11.2. The van der Waals surface area contributed by atoms with E-state index >= 15 is 0 Å². The summed E-state index contributed by atoms with van der Waals surface area (Å²) in [5, 5.41) is 6.74. The lowest BCUT2D eigenvalue weighted by molar-refractivity contribution is 0.606. The lowest BCUT2D eigenvalue weighted by Gasteiger charge is -2.18. The Morgan fingerprint density at radius 2 is 1.73 bits per heavy atom. The smallest absolute Gasteiger partial charge is 0.229 e. The summed E-state index contributed by atoms with van der Waals surface area (Å²) in [6, 6.07) is 17.8. The van der Waals surface area contributed by atoms with Gasteiger partial charge >= 0.3 is 0 Å². The van der Waals surface area contributed by atoms with Crippen molar-refractivity contribution in [3.05, 3.63) is 60.2 Å². The molecule has 0 aromatic heterocycles. The summed E-state index contributed by atoms with van der Waals surface area (Å²) in [4.78, 5) is 5.95. The van der Waals surface area contributed by atoms with Crippen molar-refractivity contribution < 1.29 is 8.42 Å². The minimum Gasteiger partial charge on any atom is -0.357 e. The molecule has 1 saturated carbocycles. The second-order valence-electron chi connectivity index (χ2n) is 7.18. The van der Waals surface area contributed by atoms with Crippen LogP contribution in [0.5, 0.6) is 0 Å². The molecule has 2 aromatic rings.